The van der Waals surface area contributed by atoms with Gasteiger partial charge in [0.1, 0.15) is 0 Å². The minimum Gasteiger partial charge on any atom is -0.416 e. The summed E-state index contributed by atoms with van der Waals surface area (Å²) in [6.07, 6.45) is 3.30. The summed E-state index contributed by atoms with van der Waals surface area (Å²) in [5, 5.41) is 3.96. The quantitative estimate of drug-likeness (QED) is 0.576. The number of hydrogen-bond acceptors (Lipinski definition) is 2. The molecule has 0 aliphatic heterocycles. The van der Waals surface area contributed by atoms with Gasteiger partial charge in [0, 0.05) is 10.0 Å². The van der Waals surface area contributed by atoms with Crippen molar-refractivity contribution in [1.82, 2.24) is 5.32 Å². The molecule has 26 heavy (non-hydrogen) atoms. The molecule has 1 unspecified atom stereocenters. The normalized spacial score (nSPS) is 21.3. The third-order valence-corrected chi connectivity index (χ3v) is 6.91. The van der Waals surface area contributed by atoms with E-state index in [9.17, 15) is 0 Å². The van der Waals surface area contributed by atoms with Crippen molar-refractivity contribution in [1.29, 1.82) is 0 Å². The van der Waals surface area contributed by atoms with Gasteiger partial charge in [-0.1, -0.05) is 58.4 Å². The van der Waals surface area contributed by atoms with Crippen molar-refractivity contribution in [2.45, 2.75) is 57.4 Å². The summed E-state index contributed by atoms with van der Waals surface area (Å²) >= 11 is 3.72. The summed E-state index contributed by atoms with van der Waals surface area (Å²) in [5.41, 5.74) is 4.32. The van der Waals surface area contributed by atoms with Gasteiger partial charge in [0.2, 0.25) is 0 Å². The van der Waals surface area contributed by atoms with Gasteiger partial charge in [-0.05, 0) is 68.6 Å². The van der Waals surface area contributed by atoms with Crippen LogP contribution in [0, 0.1) is 0 Å². The molecule has 2 atom stereocenters. The lowest BCUT2D eigenvalue weighted by molar-refractivity contribution is 0.204. The molecule has 0 aromatic heterocycles. The highest BCUT2D eigenvalue weighted by Gasteiger charge is 2.33. The van der Waals surface area contributed by atoms with Gasteiger partial charge in [-0.2, -0.15) is 0 Å². The van der Waals surface area contributed by atoms with Crippen LogP contribution >= 0.6 is 15.9 Å². The second-order valence-corrected chi connectivity index (χ2v) is 14.0. The fourth-order valence-corrected chi connectivity index (χ4v) is 5.01. The van der Waals surface area contributed by atoms with Crippen LogP contribution in [-0.2, 0) is 17.3 Å². The van der Waals surface area contributed by atoms with Crippen LogP contribution in [0.5, 0.6) is 0 Å². The van der Waals surface area contributed by atoms with E-state index in [1.54, 1.807) is 0 Å². The van der Waals surface area contributed by atoms with E-state index in [1.807, 2.05) is 0 Å². The Hall–Kier alpha value is -0.943. The number of benzene rings is 2. The van der Waals surface area contributed by atoms with Crippen LogP contribution in [0.15, 0.2) is 53.0 Å². The van der Waals surface area contributed by atoms with E-state index in [2.05, 4.69) is 96.3 Å². The average molecular weight is 432 g/mol. The lowest BCUT2D eigenvalue weighted by Crippen LogP contribution is -2.50. The Morgan fingerprint density at radius 1 is 1.12 bits per heavy atom. The summed E-state index contributed by atoms with van der Waals surface area (Å²) in [6.45, 7) is 9.86. The second kappa shape index (κ2) is 7.97. The van der Waals surface area contributed by atoms with Gasteiger partial charge in [0.05, 0.1) is 12.6 Å². The van der Waals surface area contributed by atoms with Crippen molar-refractivity contribution in [3.8, 4) is 0 Å². The molecule has 0 bridgehead atoms. The molecule has 0 amide bonds. The van der Waals surface area contributed by atoms with E-state index in [1.165, 1.54) is 21.2 Å². The predicted molar refractivity (Wildman–Crippen MR) is 116 cm³/mol. The number of nitrogens with one attached hydrogen (secondary N) is 1. The van der Waals surface area contributed by atoms with E-state index in [0.29, 0.717) is 0 Å². The minimum absolute atomic E-state index is 0.0805. The van der Waals surface area contributed by atoms with Gasteiger partial charge in [-0.3, -0.25) is 0 Å². The zero-order valence-corrected chi connectivity index (χ0v) is 18.9. The molecule has 0 saturated heterocycles. The van der Waals surface area contributed by atoms with Crippen LogP contribution in [-0.4, -0.2) is 20.5 Å². The van der Waals surface area contributed by atoms with E-state index < -0.39 is 8.32 Å². The molecule has 0 heterocycles. The monoisotopic (exact) mass is 431 g/mol. The number of hydrogen-bond donors (Lipinski definition) is 1. The highest BCUT2D eigenvalue weighted by molar-refractivity contribution is 9.10. The fourth-order valence-electron chi connectivity index (χ4n) is 3.74. The van der Waals surface area contributed by atoms with Crippen molar-refractivity contribution in [3.05, 3.63) is 69.7 Å². The molecule has 3 rings (SSSR count). The van der Waals surface area contributed by atoms with E-state index in [4.69, 9.17) is 4.43 Å². The highest BCUT2D eigenvalue weighted by atomic mass is 79.9. The molecule has 1 N–H and O–H groups in total. The maximum absolute atomic E-state index is 6.29. The highest BCUT2D eigenvalue weighted by Crippen LogP contribution is 2.34. The summed E-state index contributed by atoms with van der Waals surface area (Å²) in [6, 6.07) is 17.5. The maximum Gasteiger partial charge on any atom is 0.183 e. The van der Waals surface area contributed by atoms with Crippen LogP contribution in [0.1, 0.15) is 36.1 Å². The van der Waals surface area contributed by atoms with Crippen LogP contribution in [0.25, 0.3) is 0 Å². The first kappa shape index (κ1) is 19.8. The predicted octanol–water partition coefficient (Wildman–Crippen LogP) is 5.88. The zero-order valence-electron chi connectivity index (χ0n) is 16.3. The molecule has 4 heteroatoms. The topological polar surface area (TPSA) is 21.3 Å². The lowest BCUT2D eigenvalue weighted by atomic mass is 9.78. The summed E-state index contributed by atoms with van der Waals surface area (Å²) < 4.78 is 7.54. The van der Waals surface area contributed by atoms with Crippen LogP contribution < -0.4 is 5.32 Å². The lowest BCUT2D eigenvalue weighted by Gasteiger charge is -2.40. The van der Waals surface area contributed by atoms with Crippen LogP contribution in [0.4, 0.5) is 0 Å². The van der Waals surface area contributed by atoms with Crippen molar-refractivity contribution in [2.24, 2.45) is 0 Å². The summed E-state index contributed by atoms with van der Waals surface area (Å²) in [4.78, 5) is 0. The van der Waals surface area contributed by atoms with Gasteiger partial charge in [0.25, 0.3) is 0 Å². The Kier molecular flexibility index (Phi) is 6.07. The van der Waals surface area contributed by atoms with Crippen LogP contribution in [0.3, 0.4) is 0 Å². The van der Waals surface area contributed by atoms with Crippen molar-refractivity contribution >= 4 is 24.2 Å². The molecular formula is C22H30BrNOSi. The third-order valence-electron chi connectivity index (χ3n) is 5.13. The summed E-state index contributed by atoms with van der Waals surface area (Å²) in [5.74, 6) is 0. The molecule has 0 fully saturated rings. The maximum atomic E-state index is 6.29. The molecule has 0 radical (unpaired) electrons. The Labute approximate surface area is 167 Å². The van der Waals surface area contributed by atoms with Gasteiger partial charge >= 0.3 is 0 Å². The molecule has 1 aliphatic rings. The molecule has 2 nitrogen and oxygen atoms in total. The first-order chi connectivity index (χ1) is 12.3. The Morgan fingerprint density at radius 3 is 2.54 bits per heavy atom. The smallest absolute Gasteiger partial charge is 0.183 e. The Bertz CT molecular complexity index is 744. The molecule has 1 aliphatic carbocycles. The molecule has 0 saturated carbocycles. The average Bonchev–Trinajstić information content (AvgIpc) is 2.58. The largest absolute Gasteiger partial charge is 0.416 e. The molecule has 140 valence electrons. The van der Waals surface area contributed by atoms with Crippen LogP contribution in [0.2, 0.25) is 19.6 Å². The SMILES string of the molecule is CC1(N[C@@H](CO[Si](C)(C)C)c2ccccc2)CCc2c(Br)cccc2C1. The summed E-state index contributed by atoms with van der Waals surface area (Å²) in [7, 11) is -1.55. The number of halogens is 1. The molecule has 2 aromatic carbocycles. The van der Waals surface area contributed by atoms with Gasteiger partial charge in [-0.25, -0.2) is 0 Å². The third kappa shape index (κ3) is 5.07. The van der Waals surface area contributed by atoms with Crippen molar-refractivity contribution in [2.75, 3.05) is 6.61 Å². The zero-order chi connectivity index (χ0) is 18.8. The van der Waals surface area contributed by atoms with Crippen molar-refractivity contribution in [3.63, 3.8) is 0 Å². The molecular weight excluding hydrogens is 402 g/mol. The number of fused-ring (bicyclic) bond motifs is 1. The molecule has 0 spiro atoms. The van der Waals surface area contributed by atoms with E-state index in [0.717, 1.165) is 25.9 Å². The standard InChI is InChI=1S/C22H30BrNOSi/c1-22(14-13-19-18(15-22)11-8-12-20(19)23)24-21(16-25-26(2,3)4)17-9-6-5-7-10-17/h5-12,21,24H,13-16H2,1-4H3/t21-,22?/m0/s1. The first-order valence-corrected chi connectivity index (χ1v) is 13.7. The Morgan fingerprint density at radius 2 is 1.85 bits per heavy atom. The minimum atomic E-state index is -1.55. The van der Waals surface area contributed by atoms with Gasteiger partial charge in [-0.15, -0.1) is 0 Å². The van der Waals surface area contributed by atoms with E-state index >= 15 is 0 Å². The number of rotatable bonds is 6. The van der Waals surface area contributed by atoms with Crippen molar-refractivity contribution < 1.29 is 4.43 Å². The van der Waals surface area contributed by atoms with E-state index in [-0.39, 0.29) is 11.6 Å². The van der Waals surface area contributed by atoms with Gasteiger partial charge in [0.15, 0.2) is 8.32 Å². The fraction of sp³-hybridized carbons (Fsp3) is 0.455. The molecule has 2 aromatic rings. The van der Waals surface area contributed by atoms with Gasteiger partial charge < -0.3 is 9.74 Å². The Balaban J connectivity index is 1.80. The first-order valence-electron chi connectivity index (χ1n) is 9.49. The second-order valence-electron chi connectivity index (χ2n) is 8.65.